The summed E-state index contributed by atoms with van der Waals surface area (Å²) in [6.45, 7) is 0. The zero-order chi connectivity index (χ0) is 12.9. The van der Waals surface area contributed by atoms with Crippen LogP contribution in [0.15, 0.2) is 24.3 Å². The van der Waals surface area contributed by atoms with Crippen molar-refractivity contribution in [3.05, 3.63) is 59.7 Å². The van der Waals surface area contributed by atoms with Gasteiger partial charge in [-0.1, -0.05) is 0 Å². The van der Waals surface area contributed by atoms with E-state index in [1.807, 2.05) is 0 Å². The Morgan fingerprint density at radius 1 is 0.611 bits per heavy atom. The molecule has 0 aromatic heterocycles. The Hall–Kier alpha value is -2.10. The summed E-state index contributed by atoms with van der Waals surface area (Å²) in [7, 11) is 0. The summed E-state index contributed by atoms with van der Waals surface area (Å²) < 4.78 is 53.7. The van der Waals surface area contributed by atoms with Gasteiger partial charge in [0.05, 0.1) is 0 Å². The molecule has 0 bridgehead atoms. The fraction of sp³-hybridized carbons (Fsp3) is 0. The number of hydrogen-bond donors (Lipinski definition) is 0. The molecule has 2 radical (unpaired) electrons. The van der Waals surface area contributed by atoms with E-state index in [9.17, 15) is 17.6 Å². The first-order valence-electron chi connectivity index (χ1n) is 5.07. The molecule has 0 aliphatic carbocycles. The maximum Gasteiger partial charge on any atom is 0.167 e. The molecule has 3 rings (SSSR count). The van der Waals surface area contributed by atoms with Gasteiger partial charge in [-0.05, 0) is 35.0 Å². The maximum absolute atomic E-state index is 13.7. The zero-order valence-corrected chi connectivity index (χ0v) is 8.82. The molecular weight excluding hydrogens is 244 g/mol. The van der Waals surface area contributed by atoms with E-state index in [0.29, 0.717) is 0 Å². The van der Waals surface area contributed by atoms with E-state index >= 15 is 0 Å². The van der Waals surface area contributed by atoms with Crippen LogP contribution in [0.3, 0.4) is 0 Å². The van der Waals surface area contributed by atoms with Crippen molar-refractivity contribution in [1.29, 1.82) is 0 Å². The molecule has 0 spiro atoms. The van der Waals surface area contributed by atoms with Crippen molar-refractivity contribution in [2.75, 3.05) is 0 Å². The summed E-state index contributed by atoms with van der Waals surface area (Å²) >= 11 is 0. The van der Waals surface area contributed by atoms with Crippen molar-refractivity contribution >= 4 is 21.5 Å². The van der Waals surface area contributed by atoms with Crippen LogP contribution in [-0.4, -0.2) is 0 Å². The molecule has 0 N–H and O–H groups in total. The largest absolute Gasteiger partial charge is 0.206 e. The predicted octanol–water partition coefficient (Wildman–Crippen LogP) is 4.15. The molecule has 3 aromatic carbocycles. The average molecular weight is 248 g/mol. The minimum atomic E-state index is -1.10. The number of rotatable bonds is 0. The van der Waals surface area contributed by atoms with Crippen LogP contribution < -0.4 is 0 Å². The van der Waals surface area contributed by atoms with Crippen molar-refractivity contribution in [1.82, 2.24) is 0 Å². The van der Waals surface area contributed by atoms with E-state index in [2.05, 4.69) is 12.1 Å². The molecule has 0 amide bonds. The number of benzene rings is 3. The fourth-order valence-corrected chi connectivity index (χ4v) is 1.98. The third-order valence-corrected chi connectivity index (χ3v) is 2.79. The van der Waals surface area contributed by atoms with Gasteiger partial charge in [-0.15, -0.1) is 0 Å². The van der Waals surface area contributed by atoms with Gasteiger partial charge in [0.1, 0.15) is 11.6 Å². The molecule has 18 heavy (non-hydrogen) atoms. The first-order chi connectivity index (χ1) is 8.58. The summed E-state index contributed by atoms with van der Waals surface area (Å²) in [4.78, 5) is 0. The van der Waals surface area contributed by atoms with Gasteiger partial charge < -0.3 is 0 Å². The van der Waals surface area contributed by atoms with E-state index in [0.717, 1.165) is 24.3 Å². The molecule has 0 unspecified atom stereocenters. The molecule has 0 saturated carbocycles. The lowest BCUT2D eigenvalue weighted by Gasteiger charge is -2.07. The zero-order valence-electron chi connectivity index (χ0n) is 8.82. The molecule has 0 atom stereocenters. The maximum atomic E-state index is 13.7. The van der Waals surface area contributed by atoms with Crippen molar-refractivity contribution in [3.63, 3.8) is 0 Å². The minimum Gasteiger partial charge on any atom is -0.206 e. The van der Waals surface area contributed by atoms with Crippen LogP contribution in [0, 0.1) is 35.4 Å². The lowest BCUT2D eigenvalue weighted by molar-refractivity contribution is 0.524. The fourth-order valence-electron chi connectivity index (χ4n) is 1.98. The third kappa shape index (κ3) is 1.45. The van der Waals surface area contributed by atoms with Crippen LogP contribution >= 0.6 is 0 Å². The van der Waals surface area contributed by atoms with E-state index < -0.39 is 23.3 Å². The Balaban J connectivity index is 2.64. The molecule has 0 aliphatic heterocycles. The van der Waals surface area contributed by atoms with E-state index in [4.69, 9.17) is 0 Å². The average Bonchev–Trinajstić information content (AvgIpc) is 2.36. The first kappa shape index (κ1) is 11.0. The van der Waals surface area contributed by atoms with E-state index in [1.165, 1.54) is 0 Å². The van der Waals surface area contributed by atoms with Gasteiger partial charge in [0.2, 0.25) is 0 Å². The van der Waals surface area contributed by atoms with Gasteiger partial charge >= 0.3 is 0 Å². The van der Waals surface area contributed by atoms with Crippen molar-refractivity contribution < 1.29 is 17.6 Å². The van der Waals surface area contributed by atoms with Crippen LogP contribution in [0.5, 0.6) is 0 Å². The Morgan fingerprint density at radius 3 is 1.39 bits per heavy atom. The van der Waals surface area contributed by atoms with Crippen LogP contribution in [0.25, 0.3) is 21.5 Å². The van der Waals surface area contributed by atoms with Gasteiger partial charge in [-0.2, -0.15) is 0 Å². The Kier molecular flexibility index (Phi) is 2.26. The van der Waals surface area contributed by atoms with E-state index in [-0.39, 0.29) is 21.5 Å². The highest BCUT2D eigenvalue weighted by atomic mass is 19.2. The highest BCUT2D eigenvalue weighted by Gasteiger charge is 2.15. The van der Waals surface area contributed by atoms with Crippen molar-refractivity contribution in [3.8, 4) is 0 Å². The number of fused-ring (bicyclic) bond motifs is 3. The van der Waals surface area contributed by atoms with Crippen LogP contribution in [0.2, 0.25) is 0 Å². The third-order valence-electron chi connectivity index (χ3n) is 2.79. The van der Waals surface area contributed by atoms with Gasteiger partial charge in [0, 0.05) is 22.9 Å². The minimum absolute atomic E-state index is 0.105. The van der Waals surface area contributed by atoms with Crippen LogP contribution in [0.4, 0.5) is 17.6 Å². The summed E-state index contributed by atoms with van der Waals surface area (Å²) in [5.41, 5.74) is 0. The summed E-state index contributed by atoms with van der Waals surface area (Å²) in [5.74, 6) is -3.64. The smallest absolute Gasteiger partial charge is 0.167 e. The highest BCUT2D eigenvalue weighted by molar-refractivity contribution is 6.07. The predicted molar refractivity (Wildman–Crippen MR) is 59.0 cm³/mol. The molecule has 0 nitrogen and oxygen atoms in total. The van der Waals surface area contributed by atoms with Gasteiger partial charge in [0.25, 0.3) is 0 Å². The van der Waals surface area contributed by atoms with Gasteiger partial charge in [-0.3, -0.25) is 0 Å². The number of hydrogen-bond acceptors (Lipinski definition) is 0. The SMILES string of the molecule is Fc1[c]cc2c(F)c(F)c3c[c]c(F)cc3c2c1. The second-order valence-corrected chi connectivity index (χ2v) is 3.84. The summed E-state index contributed by atoms with van der Waals surface area (Å²) in [6, 6.07) is 8.31. The van der Waals surface area contributed by atoms with Crippen molar-refractivity contribution in [2.24, 2.45) is 0 Å². The van der Waals surface area contributed by atoms with Gasteiger partial charge in [0.15, 0.2) is 11.6 Å². The quantitative estimate of drug-likeness (QED) is 0.414. The first-order valence-corrected chi connectivity index (χ1v) is 5.07. The lowest BCUT2D eigenvalue weighted by atomic mass is 10.0. The summed E-state index contributed by atoms with van der Waals surface area (Å²) in [6.07, 6.45) is 0. The Morgan fingerprint density at radius 2 is 1.00 bits per heavy atom. The van der Waals surface area contributed by atoms with Crippen LogP contribution in [-0.2, 0) is 0 Å². The van der Waals surface area contributed by atoms with Crippen molar-refractivity contribution in [2.45, 2.75) is 0 Å². The second-order valence-electron chi connectivity index (χ2n) is 3.84. The Bertz CT molecular complexity index is 711. The molecule has 88 valence electrons. The molecule has 0 saturated heterocycles. The number of halogens is 4. The van der Waals surface area contributed by atoms with Gasteiger partial charge in [-0.25, -0.2) is 17.6 Å². The standard InChI is InChI=1S/C14H4F4/c15-7-1-3-9-11(5-7)12-6-8(16)2-4-10(12)14(18)13(9)17/h3-6H. The molecule has 4 heteroatoms. The van der Waals surface area contributed by atoms with Crippen LogP contribution in [0.1, 0.15) is 0 Å². The Labute approximate surface area is 99.5 Å². The van der Waals surface area contributed by atoms with E-state index in [1.54, 1.807) is 0 Å². The highest BCUT2D eigenvalue weighted by Crippen LogP contribution is 2.31. The molecule has 0 fully saturated rings. The molecular formula is C14H4F4. The second kappa shape index (κ2) is 3.70. The lowest BCUT2D eigenvalue weighted by Crippen LogP contribution is -1.92. The normalized spacial score (nSPS) is 11.3. The molecule has 3 aromatic rings. The summed E-state index contributed by atoms with van der Waals surface area (Å²) in [5, 5.41) is -0.0555. The molecule has 0 aliphatic rings. The molecule has 0 heterocycles. The monoisotopic (exact) mass is 248 g/mol. The topological polar surface area (TPSA) is 0 Å².